The molecule has 5 rings (SSSR count). The van der Waals surface area contributed by atoms with Crippen LogP contribution in [0.1, 0.15) is 30.5 Å². The molecule has 10 nitrogen and oxygen atoms in total. The second-order valence-electron chi connectivity index (χ2n) is 9.38. The lowest BCUT2D eigenvalue weighted by atomic mass is 9.87. The lowest BCUT2D eigenvalue weighted by molar-refractivity contribution is -0.185. The molecular weight excluding hydrogens is 536 g/mol. The number of carbonyl (C=O) groups is 2. The van der Waals surface area contributed by atoms with Crippen LogP contribution in [0.3, 0.4) is 0 Å². The summed E-state index contributed by atoms with van der Waals surface area (Å²) in [5.74, 6) is -2.71. The number of cyclic esters (lactones) is 1. The number of methoxy groups -OCH3 is 1. The molecule has 206 valence electrons. The number of aliphatic carboxylic acids is 1. The van der Waals surface area contributed by atoms with Gasteiger partial charge in [0.25, 0.3) is 5.79 Å². The van der Waals surface area contributed by atoms with Crippen molar-refractivity contribution in [1.29, 1.82) is 0 Å². The Hall–Kier alpha value is -4.48. The van der Waals surface area contributed by atoms with Crippen molar-refractivity contribution in [1.82, 2.24) is 8.75 Å². The number of esters is 1. The van der Waals surface area contributed by atoms with Crippen LogP contribution in [-0.4, -0.2) is 50.7 Å². The molecule has 0 saturated carbocycles. The number of hydrogen-bond donors (Lipinski definition) is 2. The molecule has 0 amide bonds. The van der Waals surface area contributed by atoms with E-state index in [1.165, 1.54) is 7.11 Å². The van der Waals surface area contributed by atoms with Crippen molar-refractivity contribution in [3.05, 3.63) is 82.9 Å². The summed E-state index contributed by atoms with van der Waals surface area (Å²) >= 11 is 1.05. The Morgan fingerprint density at radius 2 is 1.75 bits per heavy atom. The minimum Gasteiger partial charge on any atom is -0.497 e. The van der Waals surface area contributed by atoms with E-state index in [0.717, 1.165) is 11.7 Å². The average molecular weight is 563 g/mol. The molecule has 1 aliphatic rings. The highest BCUT2D eigenvalue weighted by Gasteiger charge is 2.48. The van der Waals surface area contributed by atoms with E-state index in [4.69, 9.17) is 18.9 Å². The van der Waals surface area contributed by atoms with Gasteiger partial charge in [0, 0.05) is 23.6 Å². The second kappa shape index (κ2) is 10.9. The molecule has 0 bridgehead atoms. The molecule has 40 heavy (non-hydrogen) atoms. The average Bonchev–Trinajstić information content (AvgIpc) is 3.49. The number of nitrogens with zero attached hydrogens (tertiary/aromatic N) is 2. The third-order valence-electron chi connectivity index (χ3n) is 6.31. The molecule has 4 aromatic rings. The summed E-state index contributed by atoms with van der Waals surface area (Å²) < 4.78 is 30.8. The molecular formula is C29H26N2O8S. The summed E-state index contributed by atoms with van der Waals surface area (Å²) in [4.78, 5) is 24.7. The van der Waals surface area contributed by atoms with Gasteiger partial charge >= 0.3 is 11.9 Å². The van der Waals surface area contributed by atoms with Crippen molar-refractivity contribution in [2.75, 3.05) is 13.7 Å². The summed E-state index contributed by atoms with van der Waals surface area (Å²) in [6.45, 7) is 3.22. The highest BCUT2D eigenvalue weighted by molar-refractivity contribution is 7.00. The van der Waals surface area contributed by atoms with Gasteiger partial charge in [-0.15, -0.1) is 0 Å². The molecule has 2 N–H and O–H groups in total. The number of carboxylic acid groups (broad SMARTS) is 1. The van der Waals surface area contributed by atoms with Crippen LogP contribution in [0.2, 0.25) is 0 Å². The number of rotatable bonds is 10. The Labute approximate surface area is 233 Å². The van der Waals surface area contributed by atoms with Crippen LogP contribution in [0.5, 0.6) is 17.2 Å². The molecule has 0 aliphatic carbocycles. The van der Waals surface area contributed by atoms with Gasteiger partial charge in [-0.25, -0.2) is 9.59 Å². The van der Waals surface area contributed by atoms with Crippen molar-refractivity contribution >= 4 is 40.3 Å². The molecule has 2 heterocycles. The van der Waals surface area contributed by atoms with Crippen molar-refractivity contribution in [3.8, 4) is 17.2 Å². The van der Waals surface area contributed by atoms with Crippen LogP contribution >= 0.6 is 11.7 Å². The van der Waals surface area contributed by atoms with E-state index < -0.39 is 24.3 Å². The number of carbonyl (C=O) groups excluding carboxylic acids is 1. The standard InChI is InChI=1S/C29H26N2O8S/c1-16(2)38-20-9-6-19(7-10-20)29(35)22(12-17-4-8-21(36-3)14-25(17)37-15-26(32)33)27(28(34)39-29)18-5-11-23-24(13-18)31-40-30-23/h4-11,13-14,16,35H,12,15H2,1-3H3,(H,32,33). The van der Waals surface area contributed by atoms with E-state index in [0.29, 0.717) is 39.2 Å². The smallest absolute Gasteiger partial charge is 0.342 e. The first-order chi connectivity index (χ1) is 19.2. The Morgan fingerprint density at radius 1 is 1.02 bits per heavy atom. The Morgan fingerprint density at radius 3 is 2.45 bits per heavy atom. The van der Waals surface area contributed by atoms with Gasteiger partial charge in [-0.2, -0.15) is 8.75 Å². The van der Waals surface area contributed by atoms with Crippen LogP contribution in [0.25, 0.3) is 16.6 Å². The van der Waals surface area contributed by atoms with Gasteiger partial charge in [0.05, 0.1) is 30.5 Å². The van der Waals surface area contributed by atoms with E-state index in [1.54, 1.807) is 60.7 Å². The molecule has 0 saturated heterocycles. The zero-order chi connectivity index (χ0) is 28.4. The van der Waals surface area contributed by atoms with Gasteiger partial charge in [0.1, 0.15) is 28.3 Å². The van der Waals surface area contributed by atoms with Gasteiger partial charge in [-0.1, -0.05) is 12.1 Å². The van der Waals surface area contributed by atoms with Crippen LogP contribution in [0.4, 0.5) is 0 Å². The lowest BCUT2D eigenvalue weighted by Gasteiger charge is -2.26. The Balaban J connectivity index is 1.65. The van der Waals surface area contributed by atoms with Crippen molar-refractivity contribution in [2.24, 2.45) is 0 Å². The third-order valence-corrected chi connectivity index (χ3v) is 6.86. The minimum atomic E-state index is -2.12. The fraction of sp³-hybridized carbons (Fsp3) is 0.241. The molecule has 1 atom stereocenters. The predicted molar refractivity (Wildman–Crippen MR) is 146 cm³/mol. The highest BCUT2D eigenvalue weighted by Crippen LogP contribution is 2.46. The maximum Gasteiger partial charge on any atom is 0.342 e. The number of benzene rings is 3. The SMILES string of the molecule is COc1ccc(CC2=C(c3ccc4nsnc4c3)C(=O)OC2(O)c2ccc(OC(C)C)cc2)c(OCC(=O)O)c1. The Bertz CT molecular complexity index is 1610. The van der Waals surface area contributed by atoms with Crippen LogP contribution in [-0.2, 0) is 26.5 Å². The van der Waals surface area contributed by atoms with Gasteiger partial charge in [0.15, 0.2) is 6.61 Å². The molecule has 0 spiro atoms. The van der Waals surface area contributed by atoms with E-state index in [1.807, 2.05) is 13.8 Å². The molecule has 0 fully saturated rings. The fourth-order valence-electron chi connectivity index (χ4n) is 4.51. The molecule has 1 aliphatic heterocycles. The van der Waals surface area contributed by atoms with E-state index >= 15 is 0 Å². The van der Waals surface area contributed by atoms with Gasteiger partial charge in [-0.05, 0) is 67.4 Å². The molecule has 11 heteroatoms. The van der Waals surface area contributed by atoms with E-state index in [-0.39, 0.29) is 29.4 Å². The predicted octanol–water partition coefficient (Wildman–Crippen LogP) is 4.35. The second-order valence-corrected chi connectivity index (χ2v) is 9.91. The maximum atomic E-state index is 13.4. The first-order valence-electron chi connectivity index (χ1n) is 12.4. The van der Waals surface area contributed by atoms with Crippen molar-refractivity contribution < 1.29 is 38.7 Å². The summed E-state index contributed by atoms with van der Waals surface area (Å²) in [5.41, 5.74) is 3.03. The normalized spacial score (nSPS) is 16.9. The molecule has 1 unspecified atom stereocenters. The third kappa shape index (κ3) is 5.33. The minimum absolute atomic E-state index is 0.00584. The number of ether oxygens (including phenoxy) is 4. The van der Waals surface area contributed by atoms with Crippen molar-refractivity contribution in [2.45, 2.75) is 32.2 Å². The van der Waals surface area contributed by atoms with Crippen LogP contribution in [0.15, 0.2) is 66.2 Å². The quantitative estimate of drug-likeness (QED) is 0.268. The zero-order valence-electron chi connectivity index (χ0n) is 21.9. The monoisotopic (exact) mass is 562 g/mol. The maximum absolute atomic E-state index is 13.4. The first kappa shape index (κ1) is 27.1. The lowest BCUT2D eigenvalue weighted by Crippen LogP contribution is -2.30. The van der Waals surface area contributed by atoms with Crippen molar-refractivity contribution in [3.63, 3.8) is 0 Å². The topological polar surface area (TPSA) is 137 Å². The first-order valence-corrected chi connectivity index (χ1v) is 13.1. The highest BCUT2D eigenvalue weighted by atomic mass is 32.1. The van der Waals surface area contributed by atoms with E-state index in [2.05, 4.69) is 8.75 Å². The van der Waals surface area contributed by atoms with Crippen LogP contribution in [0, 0.1) is 0 Å². The van der Waals surface area contributed by atoms with Crippen LogP contribution < -0.4 is 14.2 Å². The fourth-order valence-corrected chi connectivity index (χ4v) is 5.03. The summed E-state index contributed by atoms with van der Waals surface area (Å²) in [5, 5.41) is 21.2. The molecule has 1 aromatic heterocycles. The summed E-state index contributed by atoms with van der Waals surface area (Å²) in [6, 6.07) is 16.8. The molecule has 0 radical (unpaired) electrons. The number of fused-ring (bicyclic) bond motifs is 1. The zero-order valence-corrected chi connectivity index (χ0v) is 22.7. The largest absolute Gasteiger partial charge is 0.497 e. The Kier molecular flexibility index (Phi) is 7.42. The number of hydrogen-bond acceptors (Lipinski definition) is 10. The van der Waals surface area contributed by atoms with Gasteiger partial charge in [0.2, 0.25) is 0 Å². The summed E-state index contributed by atoms with van der Waals surface area (Å²) in [6.07, 6.45) is -0.0524. The molecule has 3 aromatic carbocycles. The van der Waals surface area contributed by atoms with E-state index in [9.17, 15) is 19.8 Å². The number of aliphatic hydroxyl groups is 1. The summed E-state index contributed by atoms with van der Waals surface area (Å²) in [7, 11) is 1.48. The van der Waals surface area contributed by atoms with Gasteiger partial charge < -0.3 is 29.2 Å². The number of carboxylic acids is 1. The number of aromatic nitrogens is 2. The van der Waals surface area contributed by atoms with Gasteiger partial charge in [-0.3, -0.25) is 0 Å².